The number of hydrogen-bond donors (Lipinski definition) is 0. The molecule has 0 saturated carbocycles. The van der Waals surface area contributed by atoms with Gasteiger partial charge in [-0.2, -0.15) is 0 Å². The van der Waals surface area contributed by atoms with Gasteiger partial charge in [0.2, 0.25) is 0 Å². The van der Waals surface area contributed by atoms with Gasteiger partial charge in [0.15, 0.2) is 0 Å². The SMILES string of the molecule is C=CCOc1c([Si](C)(C)C2c3ccsc3-c3sccc32)ccc2ccccc12. The fourth-order valence-electron chi connectivity index (χ4n) is 4.61. The molecule has 2 aromatic carbocycles. The van der Waals surface area contributed by atoms with E-state index in [-0.39, 0.29) is 0 Å². The highest BCUT2D eigenvalue weighted by Gasteiger charge is 2.44. The quantitative estimate of drug-likeness (QED) is 0.256. The highest BCUT2D eigenvalue weighted by Crippen LogP contribution is 2.53. The lowest BCUT2D eigenvalue weighted by atomic mass is 10.1. The van der Waals surface area contributed by atoms with Crippen molar-refractivity contribution >= 4 is 46.7 Å². The van der Waals surface area contributed by atoms with Crippen LogP contribution in [0.5, 0.6) is 5.75 Å². The van der Waals surface area contributed by atoms with E-state index in [1.165, 1.54) is 36.8 Å². The summed E-state index contributed by atoms with van der Waals surface area (Å²) in [6.45, 7) is 9.38. The molecule has 0 spiro atoms. The predicted octanol–water partition coefficient (Wildman–Crippen LogP) is 6.79. The Morgan fingerprint density at radius 3 is 2.32 bits per heavy atom. The van der Waals surface area contributed by atoms with E-state index in [0.29, 0.717) is 12.1 Å². The van der Waals surface area contributed by atoms with E-state index in [1.54, 1.807) is 0 Å². The van der Waals surface area contributed by atoms with E-state index in [2.05, 4.69) is 79.0 Å². The average Bonchev–Trinajstić information content (AvgIpc) is 3.39. The van der Waals surface area contributed by atoms with Gasteiger partial charge in [-0.3, -0.25) is 0 Å². The molecule has 0 bridgehead atoms. The van der Waals surface area contributed by atoms with Gasteiger partial charge in [-0.05, 0) is 44.6 Å². The first-order chi connectivity index (χ1) is 13.6. The predicted molar refractivity (Wildman–Crippen MR) is 126 cm³/mol. The fraction of sp³-hybridized carbons (Fsp3) is 0.167. The second kappa shape index (κ2) is 6.73. The molecule has 4 aromatic rings. The maximum atomic E-state index is 6.31. The van der Waals surface area contributed by atoms with E-state index in [4.69, 9.17) is 4.74 Å². The van der Waals surface area contributed by atoms with Crippen molar-refractivity contribution in [2.45, 2.75) is 18.6 Å². The smallest absolute Gasteiger partial charge is 0.126 e. The van der Waals surface area contributed by atoms with Gasteiger partial charge in [-0.15, -0.1) is 22.7 Å². The summed E-state index contributed by atoms with van der Waals surface area (Å²) in [5, 5.41) is 8.33. The van der Waals surface area contributed by atoms with Gasteiger partial charge in [0.05, 0.1) is 8.07 Å². The summed E-state index contributed by atoms with van der Waals surface area (Å²) in [5.41, 5.74) is 3.51. The summed E-state index contributed by atoms with van der Waals surface area (Å²) < 4.78 is 6.31. The summed E-state index contributed by atoms with van der Waals surface area (Å²) in [5.74, 6) is 1.05. The minimum absolute atomic E-state index is 0.474. The lowest BCUT2D eigenvalue weighted by Crippen LogP contribution is -2.48. The number of hydrogen-bond acceptors (Lipinski definition) is 3. The maximum Gasteiger partial charge on any atom is 0.126 e. The molecule has 0 N–H and O–H groups in total. The van der Waals surface area contributed by atoms with Gasteiger partial charge < -0.3 is 4.74 Å². The zero-order valence-corrected chi connectivity index (χ0v) is 18.7. The normalized spacial score (nSPS) is 13.5. The fourth-order valence-corrected chi connectivity index (χ4v) is 10.6. The first-order valence-electron chi connectivity index (χ1n) is 9.54. The van der Waals surface area contributed by atoms with Crippen molar-refractivity contribution in [3.63, 3.8) is 0 Å². The minimum Gasteiger partial charge on any atom is -0.489 e. The van der Waals surface area contributed by atoms with Crippen LogP contribution in [0.4, 0.5) is 0 Å². The Labute approximate surface area is 174 Å². The molecule has 2 heterocycles. The molecule has 4 heteroatoms. The van der Waals surface area contributed by atoms with Crippen LogP contribution in [0.15, 0.2) is 71.9 Å². The summed E-state index contributed by atoms with van der Waals surface area (Å²) in [6, 6.07) is 17.8. The molecule has 0 amide bonds. The molecular weight excluding hydrogens is 396 g/mol. The second-order valence-corrected chi connectivity index (χ2v) is 14.2. The zero-order chi connectivity index (χ0) is 19.3. The zero-order valence-electron chi connectivity index (χ0n) is 16.1. The van der Waals surface area contributed by atoms with E-state index in [1.807, 2.05) is 28.7 Å². The maximum absolute atomic E-state index is 6.31. The van der Waals surface area contributed by atoms with Crippen molar-refractivity contribution in [2.24, 2.45) is 0 Å². The van der Waals surface area contributed by atoms with Crippen molar-refractivity contribution in [1.29, 1.82) is 0 Å². The van der Waals surface area contributed by atoms with E-state index in [9.17, 15) is 0 Å². The largest absolute Gasteiger partial charge is 0.489 e. The van der Waals surface area contributed by atoms with Gasteiger partial charge >= 0.3 is 0 Å². The molecule has 1 aliphatic carbocycles. The third-order valence-corrected chi connectivity index (χ3v) is 11.7. The molecule has 0 unspecified atom stereocenters. The van der Waals surface area contributed by atoms with Gasteiger partial charge in [-0.25, -0.2) is 0 Å². The molecule has 0 atom stereocenters. The van der Waals surface area contributed by atoms with E-state index >= 15 is 0 Å². The van der Waals surface area contributed by atoms with Crippen LogP contribution in [0.3, 0.4) is 0 Å². The number of thiophene rings is 2. The monoisotopic (exact) mass is 418 g/mol. The van der Waals surface area contributed by atoms with Crippen molar-refractivity contribution in [2.75, 3.05) is 6.61 Å². The van der Waals surface area contributed by atoms with Gasteiger partial charge in [0.25, 0.3) is 0 Å². The first-order valence-corrected chi connectivity index (χ1v) is 14.4. The molecule has 28 heavy (non-hydrogen) atoms. The van der Waals surface area contributed by atoms with E-state index in [0.717, 1.165) is 5.75 Å². The van der Waals surface area contributed by atoms with Crippen LogP contribution in [-0.2, 0) is 0 Å². The summed E-state index contributed by atoms with van der Waals surface area (Å²) in [4.78, 5) is 2.95. The number of benzene rings is 2. The molecule has 1 nitrogen and oxygen atoms in total. The van der Waals surface area contributed by atoms with Crippen LogP contribution in [0.2, 0.25) is 13.1 Å². The lowest BCUT2D eigenvalue weighted by molar-refractivity contribution is 0.370. The van der Waals surface area contributed by atoms with Crippen LogP contribution in [0.1, 0.15) is 16.7 Å². The van der Waals surface area contributed by atoms with Crippen LogP contribution >= 0.6 is 22.7 Å². The highest BCUT2D eigenvalue weighted by molar-refractivity contribution is 7.21. The Kier molecular flexibility index (Phi) is 4.31. The minimum atomic E-state index is -1.93. The van der Waals surface area contributed by atoms with Crippen LogP contribution in [-0.4, -0.2) is 14.7 Å². The Morgan fingerprint density at radius 2 is 1.64 bits per heavy atom. The Morgan fingerprint density at radius 1 is 0.964 bits per heavy atom. The van der Waals surface area contributed by atoms with Crippen LogP contribution in [0.25, 0.3) is 20.5 Å². The van der Waals surface area contributed by atoms with Gasteiger partial charge in [0.1, 0.15) is 12.4 Å². The Hall–Kier alpha value is -2.14. The van der Waals surface area contributed by atoms with Crippen LogP contribution in [0, 0.1) is 0 Å². The van der Waals surface area contributed by atoms with Gasteiger partial charge in [0, 0.05) is 20.7 Å². The third kappa shape index (κ3) is 2.55. The van der Waals surface area contributed by atoms with Crippen molar-refractivity contribution in [3.05, 3.63) is 83.1 Å². The molecule has 0 radical (unpaired) electrons. The first kappa shape index (κ1) is 17.9. The van der Waals surface area contributed by atoms with Crippen molar-refractivity contribution < 1.29 is 4.74 Å². The van der Waals surface area contributed by atoms with Crippen molar-refractivity contribution in [3.8, 4) is 15.5 Å². The molecule has 1 aliphatic rings. The van der Waals surface area contributed by atoms with Gasteiger partial charge in [-0.1, -0.05) is 62.1 Å². The number of fused-ring (bicyclic) bond motifs is 4. The average molecular weight is 419 g/mol. The molecule has 0 aliphatic heterocycles. The van der Waals surface area contributed by atoms with E-state index < -0.39 is 8.07 Å². The van der Waals surface area contributed by atoms with Crippen molar-refractivity contribution in [1.82, 2.24) is 0 Å². The number of rotatable bonds is 5. The standard InChI is InChI=1S/C24H22OS2Si/c1-4-13-25-21-17-8-6-5-7-16(17)9-10-20(21)28(2,3)24-18-11-14-26-22(18)23-19(24)12-15-27-23/h4-12,14-15,24H,1,13H2,2-3H3. The molecular formula is C24H22OS2Si. The highest BCUT2D eigenvalue weighted by atomic mass is 32.1. The molecule has 0 fully saturated rings. The second-order valence-electron chi connectivity index (χ2n) is 7.83. The molecule has 2 aromatic heterocycles. The number of ether oxygens (including phenoxy) is 1. The molecule has 140 valence electrons. The summed E-state index contributed by atoms with van der Waals surface area (Å²) in [6.07, 6.45) is 1.84. The lowest BCUT2D eigenvalue weighted by Gasteiger charge is -2.33. The summed E-state index contributed by atoms with van der Waals surface area (Å²) >= 11 is 3.77. The Bertz CT molecular complexity index is 1140. The summed E-state index contributed by atoms with van der Waals surface area (Å²) in [7, 11) is -1.93. The third-order valence-electron chi connectivity index (χ3n) is 5.86. The molecule has 5 rings (SSSR count). The Balaban J connectivity index is 1.73. The molecule has 0 saturated heterocycles. The van der Waals surface area contributed by atoms with Crippen LogP contribution < -0.4 is 9.92 Å². The topological polar surface area (TPSA) is 9.23 Å².